The second-order valence-electron chi connectivity index (χ2n) is 4.46. The molecule has 20 heavy (non-hydrogen) atoms. The minimum Gasteiger partial charge on any atom is -0.467 e. The van der Waals surface area contributed by atoms with Crippen LogP contribution in [0.2, 0.25) is 5.02 Å². The van der Waals surface area contributed by atoms with Crippen LogP contribution in [0.25, 0.3) is 0 Å². The van der Waals surface area contributed by atoms with Crippen LogP contribution < -0.4 is 4.90 Å². The molecule has 0 aliphatic carbocycles. The van der Waals surface area contributed by atoms with Gasteiger partial charge in [-0.05, 0) is 31.9 Å². The zero-order chi connectivity index (χ0) is 15.4. The van der Waals surface area contributed by atoms with Gasteiger partial charge in [-0.1, -0.05) is 23.7 Å². The Morgan fingerprint density at radius 2 is 1.85 bits per heavy atom. The predicted octanol–water partition coefficient (Wildman–Crippen LogP) is 3.09. The smallest absolute Gasteiger partial charge is 0.328 e. The lowest BCUT2D eigenvalue weighted by Gasteiger charge is -2.29. The molecule has 6 heteroatoms. The number of ether oxygens (including phenoxy) is 1. The third-order valence-corrected chi connectivity index (χ3v) is 3.77. The van der Waals surface area contributed by atoms with Crippen LogP contribution in [0.1, 0.15) is 18.1 Å². The summed E-state index contributed by atoms with van der Waals surface area (Å²) in [6.45, 7) is 5.23. The summed E-state index contributed by atoms with van der Waals surface area (Å²) in [6, 6.07) is 2.90. The largest absolute Gasteiger partial charge is 0.467 e. The van der Waals surface area contributed by atoms with Crippen molar-refractivity contribution >= 4 is 40.8 Å². The molecule has 110 valence electrons. The monoisotopic (exact) mass is 317 g/mol. The molecule has 0 fully saturated rings. The highest BCUT2D eigenvalue weighted by atomic mass is 35.5. The Morgan fingerprint density at radius 3 is 2.35 bits per heavy atom. The van der Waals surface area contributed by atoms with Crippen LogP contribution in [0.3, 0.4) is 0 Å². The van der Waals surface area contributed by atoms with E-state index in [9.17, 15) is 9.59 Å². The van der Waals surface area contributed by atoms with Crippen molar-refractivity contribution < 1.29 is 14.3 Å². The van der Waals surface area contributed by atoms with E-state index in [1.54, 1.807) is 6.92 Å². The Balaban J connectivity index is 3.43. The van der Waals surface area contributed by atoms with E-state index in [4.69, 9.17) is 27.9 Å². The van der Waals surface area contributed by atoms with Gasteiger partial charge in [0.2, 0.25) is 5.91 Å². The number of amides is 1. The van der Waals surface area contributed by atoms with Crippen molar-refractivity contribution in [2.75, 3.05) is 17.9 Å². The number of rotatable bonds is 4. The van der Waals surface area contributed by atoms with E-state index in [0.29, 0.717) is 10.7 Å². The molecule has 0 N–H and O–H groups in total. The number of carbonyl (C=O) groups excluding carboxylic acids is 2. The highest BCUT2D eigenvalue weighted by Gasteiger charge is 2.30. The second-order valence-corrected chi connectivity index (χ2v) is 5.10. The second kappa shape index (κ2) is 6.95. The van der Waals surface area contributed by atoms with Crippen LogP contribution in [-0.4, -0.2) is 30.9 Å². The fourth-order valence-electron chi connectivity index (χ4n) is 1.93. The molecule has 0 spiro atoms. The lowest BCUT2D eigenvalue weighted by molar-refractivity contribution is -0.142. The van der Waals surface area contributed by atoms with Gasteiger partial charge in [0.1, 0.15) is 11.9 Å². The van der Waals surface area contributed by atoms with Gasteiger partial charge in [0.05, 0.1) is 17.8 Å². The summed E-state index contributed by atoms with van der Waals surface area (Å²) in [5, 5.41) is 0.430. The van der Waals surface area contributed by atoms with E-state index in [2.05, 4.69) is 0 Å². The van der Waals surface area contributed by atoms with Crippen LogP contribution in [0.15, 0.2) is 12.1 Å². The zero-order valence-electron chi connectivity index (χ0n) is 11.9. The van der Waals surface area contributed by atoms with Crippen molar-refractivity contribution in [1.29, 1.82) is 0 Å². The maximum Gasteiger partial charge on any atom is 0.328 e. The molecule has 1 amide bonds. The van der Waals surface area contributed by atoms with Gasteiger partial charge < -0.3 is 4.74 Å². The molecule has 0 saturated heterocycles. The Kier molecular flexibility index (Phi) is 5.84. The fraction of sp³-hybridized carbons (Fsp3) is 0.429. The van der Waals surface area contributed by atoms with Crippen molar-refractivity contribution in [3.8, 4) is 0 Å². The molecule has 4 nitrogen and oxygen atoms in total. The molecular weight excluding hydrogens is 301 g/mol. The summed E-state index contributed by atoms with van der Waals surface area (Å²) in [4.78, 5) is 25.2. The standard InChI is InChI=1S/C14H17Cl2NO3/c1-8-5-6-9(2)13(12(8)16)17(11(18)7-15)10(3)14(19)20-4/h5-6,10H,7H2,1-4H3. The summed E-state index contributed by atoms with van der Waals surface area (Å²) >= 11 is 11.9. The van der Waals surface area contributed by atoms with E-state index in [-0.39, 0.29) is 5.88 Å². The van der Waals surface area contributed by atoms with Gasteiger partial charge in [-0.15, -0.1) is 11.6 Å². The number of alkyl halides is 1. The van der Waals surface area contributed by atoms with Crippen molar-refractivity contribution in [3.63, 3.8) is 0 Å². The number of anilines is 1. The number of hydrogen-bond donors (Lipinski definition) is 0. The molecule has 1 unspecified atom stereocenters. The molecule has 1 aromatic rings. The highest BCUT2D eigenvalue weighted by Crippen LogP contribution is 2.34. The molecule has 0 saturated carbocycles. The molecule has 0 bridgehead atoms. The molecule has 1 atom stereocenters. The number of nitrogens with zero attached hydrogens (tertiary/aromatic N) is 1. The summed E-state index contributed by atoms with van der Waals surface area (Å²) in [6.07, 6.45) is 0. The van der Waals surface area contributed by atoms with Crippen molar-refractivity contribution in [1.82, 2.24) is 0 Å². The molecule has 0 aliphatic heterocycles. The lowest BCUT2D eigenvalue weighted by Crippen LogP contribution is -2.45. The van der Waals surface area contributed by atoms with E-state index in [1.165, 1.54) is 12.0 Å². The van der Waals surface area contributed by atoms with Crippen LogP contribution in [-0.2, 0) is 14.3 Å². The molecular formula is C14H17Cl2NO3. The minimum absolute atomic E-state index is 0.245. The van der Waals surface area contributed by atoms with Crippen LogP contribution in [0.4, 0.5) is 5.69 Å². The van der Waals surface area contributed by atoms with Gasteiger partial charge in [0.15, 0.2) is 0 Å². The Bertz CT molecular complexity index is 531. The zero-order valence-corrected chi connectivity index (χ0v) is 13.4. The average molecular weight is 318 g/mol. The number of esters is 1. The van der Waals surface area contributed by atoms with Gasteiger partial charge in [-0.25, -0.2) is 4.79 Å². The van der Waals surface area contributed by atoms with Crippen molar-refractivity contribution in [2.24, 2.45) is 0 Å². The Hall–Kier alpha value is -1.26. The number of benzene rings is 1. The number of halogens is 2. The SMILES string of the molecule is COC(=O)C(C)N(C(=O)CCl)c1c(C)ccc(C)c1Cl. The number of methoxy groups -OCH3 is 1. The van der Waals surface area contributed by atoms with E-state index in [1.807, 2.05) is 26.0 Å². The first-order valence-electron chi connectivity index (χ1n) is 6.06. The number of carbonyl (C=O) groups is 2. The Morgan fingerprint density at radius 1 is 1.30 bits per heavy atom. The molecule has 0 aromatic heterocycles. The first kappa shape index (κ1) is 16.8. The van der Waals surface area contributed by atoms with Gasteiger partial charge >= 0.3 is 5.97 Å². The first-order chi connectivity index (χ1) is 9.34. The summed E-state index contributed by atoms with van der Waals surface area (Å²) in [5.74, 6) is -1.17. The normalized spacial score (nSPS) is 11.9. The van der Waals surface area contributed by atoms with Gasteiger partial charge in [0.25, 0.3) is 0 Å². The first-order valence-corrected chi connectivity index (χ1v) is 6.98. The minimum atomic E-state index is -0.802. The topological polar surface area (TPSA) is 46.6 Å². The van der Waals surface area contributed by atoms with E-state index < -0.39 is 17.9 Å². The van der Waals surface area contributed by atoms with E-state index in [0.717, 1.165) is 11.1 Å². The van der Waals surface area contributed by atoms with Crippen molar-refractivity contribution in [3.05, 3.63) is 28.3 Å². The fourth-order valence-corrected chi connectivity index (χ4v) is 2.36. The van der Waals surface area contributed by atoms with Gasteiger partial charge in [-0.2, -0.15) is 0 Å². The molecule has 0 aliphatic rings. The summed E-state index contributed by atoms with van der Waals surface area (Å²) < 4.78 is 4.70. The van der Waals surface area contributed by atoms with Gasteiger partial charge in [0, 0.05) is 0 Å². The maximum atomic E-state index is 12.1. The summed E-state index contributed by atoms with van der Waals surface area (Å²) in [5.41, 5.74) is 2.10. The molecule has 0 radical (unpaired) electrons. The van der Waals surface area contributed by atoms with Crippen LogP contribution >= 0.6 is 23.2 Å². The van der Waals surface area contributed by atoms with E-state index >= 15 is 0 Å². The quantitative estimate of drug-likeness (QED) is 0.633. The Labute approximate surface area is 128 Å². The molecule has 0 heterocycles. The number of hydrogen-bond acceptors (Lipinski definition) is 3. The average Bonchev–Trinajstić information content (AvgIpc) is 2.45. The van der Waals surface area contributed by atoms with Crippen LogP contribution in [0, 0.1) is 13.8 Å². The van der Waals surface area contributed by atoms with Gasteiger partial charge in [-0.3, -0.25) is 9.69 Å². The third kappa shape index (κ3) is 3.25. The molecule has 1 aromatic carbocycles. The van der Waals surface area contributed by atoms with Crippen molar-refractivity contribution in [2.45, 2.75) is 26.8 Å². The van der Waals surface area contributed by atoms with Crippen LogP contribution in [0.5, 0.6) is 0 Å². The molecule has 1 rings (SSSR count). The number of aryl methyl sites for hydroxylation is 2. The lowest BCUT2D eigenvalue weighted by atomic mass is 10.1. The highest BCUT2D eigenvalue weighted by molar-refractivity contribution is 6.36. The third-order valence-electron chi connectivity index (χ3n) is 3.06. The maximum absolute atomic E-state index is 12.1. The predicted molar refractivity (Wildman–Crippen MR) is 80.6 cm³/mol. The summed E-state index contributed by atoms with van der Waals surface area (Å²) in [7, 11) is 1.27.